The lowest BCUT2D eigenvalue weighted by Crippen LogP contribution is -2.47. The van der Waals surface area contributed by atoms with Gasteiger partial charge in [-0.1, -0.05) is 12.1 Å². The van der Waals surface area contributed by atoms with Crippen LogP contribution in [0.2, 0.25) is 0 Å². The van der Waals surface area contributed by atoms with Gasteiger partial charge in [-0.05, 0) is 25.5 Å². The molecule has 1 N–H and O–H groups in total. The first kappa shape index (κ1) is 11.9. The molecule has 0 saturated carbocycles. The van der Waals surface area contributed by atoms with Crippen molar-refractivity contribution in [1.82, 2.24) is 4.90 Å². The molecule has 2 rings (SSSR count). The number of rotatable bonds is 1. The number of ether oxygens (including phenoxy) is 1. The summed E-state index contributed by atoms with van der Waals surface area (Å²) in [6, 6.07) is 5.28. The summed E-state index contributed by atoms with van der Waals surface area (Å²) in [4.78, 5) is 14.0. The van der Waals surface area contributed by atoms with Crippen LogP contribution in [0.4, 0.5) is 0 Å². The highest BCUT2D eigenvalue weighted by Gasteiger charge is 2.26. The molecule has 1 atom stereocenters. The summed E-state index contributed by atoms with van der Waals surface area (Å²) >= 11 is 0. The maximum absolute atomic E-state index is 12.3. The number of benzene rings is 1. The van der Waals surface area contributed by atoms with Crippen LogP contribution in [0.25, 0.3) is 0 Å². The zero-order chi connectivity index (χ0) is 12.4. The van der Waals surface area contributed by atoms with Gasteiger partial charge in [-0.3, -0.25) is 4.79 Å². The molecule has 0 spiro atoms. The van der Waals surface area contributed by atoms with E-state index in [0.717, 1.165) is 5.56 Å². The van der Waals surface area contributed by atoms with E-state index in [9.17, 15) is 9.90 Å². The quantitative estimate of drug-likeness (QED) is 0.803. The minimum Gasteiger partial charge on any atom is -0.507 e. The zero-order valence-corrected chi connectivity index (χ0v) is 10.1. The number of phenols is 1. The maximum atomic E-state index is 12.3. The van der Waals surface area contributed by atoms with E-state index < -0.39 is 0 Å². The van der Waals surface area contributed by atoms with Crippen LogP contribution in [0.1, 0.15) is 22.8 Å². The third-order valence-electron chi connectivity index (χ3n) is 3.10. The lowest BCUT2D eigenvalue weighted by molar-refractivity contribution is 0.00344. The first-order valence-electron chi connectivity index (χ1n) is 5.78. The molecule has 0 aromatic heterocycles. The highest BCUT2D eigenvalue weighted by Crippen LogP contribution is 2.24. The number of phenolic OH excluding ortho intramolecular Hbond substituents is 1. The van der Waals surface area contributed by atoms with Gasteiger partial charge in [0.15, 0.2) is 0 Å². The van der Waals surface area contributed by atoms with Gasteiger partial charge in [-0.15, -0.1) is 0 Å². The van der Waals surface area contributed by atoms with Gasteiger partial charge in [0.1, 0.15) is 5.75 Å². The summed E-state index contributed by atoms with van der Waals surface area (Å²) in [5.41, 5.74) is 1.09. The van der Waals surface area contributed by atoms with Crippen LogP contribution in [0.15, 0.2) is 18.2 Å². The molecule has 1 aromatic rings. The van der Waals surface area contributed by atoms with Gasteiger partial charge >= 0.3 is 0 Å². The first-order chi connectivity index (χ1) is 8.11. The Kier molecular flexibility index (Phi) is 3.33. The normalized spacial score (nSPS) is 20.4. The second kappa shape index (κ2) is 4.75. The minimum atomic E-state index is -0.123. The van der Waals surface area contributed by atoms with Crippen LogP contribution in [0, 0.1) is 6.92 Å². The number of nitrogens with zero attached hydrogens (tertiary/aromatic N) is 1. The van der Waals surface area contributed by atoms with E-state index in [1.807, 2.05) is 6.92 Å². The molecule has 1 aliphatic heterocycles. The van der Waals surface area contributed by atoms with Crippen molar-refractivity contribution in [3.8, 4) is 5.75 Å². The smallest absolute Gasteiger partial charge is 0.258 e. The number of hydrogen-bond donors (Lipinski definition) is 1. The number of amides is 1. The molecule has 1 saturated heterocycles. The second-order valence-corrected chi connectivity index (χ2v) is 4.39. The Labute approximate surface area is 101 Å². The zero-order valence-electron chi connectivity index (χ0n) is 10.1. The SMILES string of the molecule is Cc1cccc(C(=O)N2CCOCC2C)c1O. The molecule has 4 heteroatoms. The Bertz CT molecular complexity index is 431. The number of carbonyl (C=O) groups excluding carboxylic acids is 1. The number of aromatic hydroxyl groups is 1. The summed E-state index contributed by atoms with van der Waals surface area (Å²) in [5, 5.41) is 9.91. The van der Waals surface area contributed by atoms with E-state index in [1.54, 1.807) is 30.0 Å². The monoisotopic (exact) mass is 235 g/mol. The summed E-state index contributed by atoms with van der Waals surface area (Å²) in [6.07, 6.45) is 0. The average molecular weight is 235 g/mol. The molecule has 1 aromatic carbocycles. The van der Waals surface area contributed by atoms with Crippen molar-refractivity contribution < 1.29 is 14.6 Å². The molecule has 4 nitrogen and oxygen atoms in total. The lowest BCUT2D eigenvalue weighted by Gasteiger charge is -2.33. The van der Waals surface area contributed by atoms with Gasteiger partial charge in [-0.2, -0.15) is 0 Å². The molecule has 92 valence electrons. The number of hydrogen-bond acceptors (Lipinski definition) is 3. The van der Waals surface area contributed by atoms with E-state index in [2.05, 4.69) is 0 Å². The van der Waals surface area contributed by atoms with E-state index in [0.29, 0.717) is 25.3 Å². The fraction of sp³-hybridized carbons (Fsp3) is 0.462. The Morgan fingerprint density at radius 1 is 1.53 bits per heavy atom. The predicted molar refractivity (Wildman–Crippen MR) is 64.2 cm³/mol. The Morgan fingerprint density at radius 3 is 3.00 bits per heavy atom. The molecule has 1 amide bonds. The van der Waals surface area contributed by atoms with Crippen molar-refractivity contribution in [1.29, 1.82) is 0 Å². The van der Waals surface area contributed by atoms with E-state index in [4.69, 9.17) is 4.74 Å². The average Bonchev–Trinajstić information content (AvgIpc) is 2.32. The van der Waals surface area contributed by atoms with Crippen LogP contribution in [-0.4, -0.2) is 41.7 Å². The maximum Gasteiger partial charge on any atom is 0.258 e. The van der Waals surface area contributed by atoms with Crippen molar-refractivity contribution in [3.05, 3.63) is 29.3 Å². The van der Waals surface area contributed by atoms with E-state index in [1.165, 1.54) is 0 Å². The van der Waals surface area contributed by atoms with Crippen molar-refractivity contribution in [3.63, 3.8) is 0 Å². The second-order valence-electron chi connectivity index (χ2n) is 4.39. The molecule has 0 bridgehead atoms. The number of aryl methyl sites for hydroxylation is 1. The standard InChI is InChI=1S/C13H17NO3/c1-9-4-3-5-11(12(9)15)13(16)14-6-7-17-8-10(14)2/h3-5,10,15H,6-8H2,1-2H3. The van der Waals surface area contributed by atoms with Gasteiger partial charge in [0.2, 0.25) is 0 Å². The molecule has 1 unspecified atom stereocenters. The summed E-state index contributed by atoms with van der Waals surface area (Å²) < 4.78 is 5.30. The molecule has 0 aliphatic carbocycles. The molecular weight excluding hydrogens is 218 g/mol. The van der Waals surface area contributed by atoms with Crippen molar-refractivity contribution in [2.45, 2.75) is 19.9 Å². The fourth-order valence-electron chi connectivity index (χ4n) is 2.02. The van der Waals surface area contributed by atoms with Crippen molar-refractivity contribution in [2.24, 2.45) is 0 Å². The van der Waals surface area contributed by atoms with Gasteiger partial charge in [0, 0.05) is 6.54 Å². The Balaban J connectivity index is 2.27. The molecule has 17 heavy (non-hydrogen) atoms. The highest BCUT2D eigenvalue weighted by molar-refractivity contribution is 5.97. The largest absolute Gasteiger partial charge is 0.507 e. The third kappa shape index (κ3) is 2.26. The highest BCUT2D eigenvalue weighted by atomic mass is 16.5. The summed E-state index contributed by atoms with van der Waals surface area (Å²) in [5.74, 6) is -0.0433. The fourth-order valence-corrected chi connectivity index (χ4v) is 2.02. The number of morpholine rings is 1. The van der Waals surface area contributed by atoms with Crippen LogP contribution in [0.3, 0.4) is 0 Å². The topological polar surface area (TPSA) is 49.8 Å². The van der Waals surface area contributed by atoms with Crippen LogP contribution in [-0.2, 0) is 4.74 Å². The minimum absolute atomic E-state index is 0.0520. The molecule has 1 fully saturated rings. The summed E-state index contributed by atoms with van der Waals surface area (Å²) in [7, 11) is 0. The third-order valence-corrected chi connectivity index (χ3v) is 3.10. The van der Waals surface area contributed by atoms with Crippen molar-refractivity contribution in [2.75, 3.05) is 19.8 Å². The lowest BCUT2D eigenvalue weighted by atomic mass is 10.1. The van der Waals surface area contributed by atoms with Crippen LogP contribution in [0.5, 0.6) is 5.75 Å². The number of para-hydroxylation sites is 1. The Hall–Kier alpha value is -1.55. The van der Waals surface area contributed by atoms with E-state index in [-0.39, 0.29) is 17.7 Å². The Morgan fingerprint density at radius 2 is 2.29 bits per heavy atom. The molecule has 0 radical (unpaired) electrons. The molecule has 1 heterocycles. The van der Waals surface area contributed by atoms with Gasteiger partial charge in [-0.25, -0.2) is 0 Å². The predicted octanol–water partition coefficient (Wildman–Crippen LogP) is 1.56. The number of carbonyl (C=O) groups is 1. The summed E-state index contributed by atoms with van der Waals surface area (Å²) in [6.45, 7) is 5.42. The van der Waals surface area contributed by atoms with Gasteiger partial charge in [0.05, 0.1) is 24.8 Å². The molecule has 1 aliphatic rings. The van der Waals surface area contributed by atoms with Crippen LogP contribution < -0.4 is 0 Å². The first-order valence-corrected chi connectivity index (χ1v) is 5.78. The van der Waals surface area contributed by atoms with Gasteiger partial charge < -0.3 is 14.7 Å². The van der Waals surface area contributed by atoms with Gasteiger partial charge in [0.25, 0.3) is 5.91 Å². The van der Waals surface area contributed by atoms with Crippen molar-refractivity contribution >= 4 is 5.91 Å². The van der Waals surface area contributed by atoms with E-state index >= 15 is 0 Å². The van der Waals surface area contributed by atoms with Crippen LogP contribution >= 0.6 is 0 Å². The molecular formula is C13H17NO3.